The van der Waals surface area contributed by atoms with E-state index in [-0.39, 0.29) is 23.8 Å². The molecule has 1 aromatic heterocycles. The van der Waals surface area contributed by atoms with Crippen molar-refractivity contribution in [3.05, 3.63) is 41.7 Å². The molecule has 1 aromatic carbocycles. The molecule has 2 rings (SSSR count). The van der Waals surface area contributed by atoms with Gasteiger partial charge >= 0.3 is 0 Å². The summed E-state index contributed by atoms with van der Waals surface area (Å²) >= 11 is 0. The van der Waals surface area contributed by atoms with Crippen molar-refractivity contribution in [1.82, 2.24) is 9.46 Å². The summed E-state index contributed by atoms with van der Waals surface area (Å²) in [5, 5.41) is 6.23. The van der Waals surface area contributed by atoms with Crippen LogP contribution >= 0.6 is 0 Å². The minimum absolute atomic E-state index is 0.148. The van der Waals surface area contributed by atoms with Gasteiger partial charge in [0.05, 0.1) is 11.4 Å². The number of aromatic nitrogens is 1. The largest absolute Gasteiger partial charge is 0.382 e. The smallest absolute Gasteiger partial charge is 0.243 e. The lowest BCUT2D eigenvalue weighted by atomic mass is 10.2. The fraction of sp³-hybridized carbons (Fsp3) is 0.444. The normalized spacial score (nSPS) is 11.7. The number of aryl methyl sites for hydroxylation is 2. The van der Waals surface area contributed by atoms with Crippen LogP contribution in [0.4, 0.5) is 5.82 Å². The number of hydrogen-bond acceptors (Lipinski definition) is 6. The van der Waals surface area contributed by atoms with E-state index in [4.69, 9.17) is 9.26 Å². The molecule has 0 aliphatic rings. The zero-order valence-electron chi connectivity index (χ0n) is 15.8. The van der Waals surface area contributed by atoms with Crippen molar-refractivity contribution < 1.29 is 22.5 Å². The molecule has 0 aliphatic carbocycles. The van der Waals surface area contributed by atoms with Crippen molar-refractivity contribution in [3.8, 4) is 0 Å². The molecule has 2 aromatic rings. The second-order valence-electron chi connectivity index (χ2n) is 6.07. The highest BCUT2D eigenvalue weighted by atomic mass is 32.2. The molecule has 0 radical (unpaired) electrons. The Morgan fingerprint density at radius 1 is 1.26 bits per heavy atom. The van der Waals surface area contributed by atoms with Gasteiger partial charge in [0, 0.05) is 25.8 Å². The van der Waals surface area contributed by atoms with Gasteiger partial charge in [-0.1, -0.05) is 22.9 Å². The molecule has 1 amide bonds. The predicted molar refractivity (Wildman–Crippen MR) is 101 cm³/mol. The number of hydrogen-bond donors (Lipinski definition) is 1. The maximum absolute atomic E-state index is 13.0. The number of anilines is 1. The molecular formula is C18H25N3O5S. The molecule has 0 fully saturated rings. The molecule has 0 unspecified atom stereocenters. The van der Waals surface area contributed by atoms with Crippen LogP contribution in [0.2, 0.25) is 0 Å². The lowest BCUT2D eigenvalue weighted by molar-refractivity contribution is -0.116. The van der Waals surface area contributed by atoms with Crippen molar-refractivity contribution in [2.75, 3.05) is 31.6 Å². The Morgan fingerprint density at radius 2 is 1.96 bits per heavy atom. The summed E-state index contributed by atoms with van der Waals surface area (Å²) in [6, 6.07) is 8.09. The first kappa shape index (κ1) is 21.1. The first-order chi connectivity index (χ1) is 12.8. The molecule has 0 saturated carbocycles. The Bertz CT molecular complexity index is 846. The van der Waals surface area contributed by atoms with Crippen LogP contribution in [0.5, 0.6) is 0 Å². The molecule has 8 nitrogen and oxygen atoms in total. The van der Waals surface area contributed by atoms with E-state index < -0.39 is 15.9 Å². The second kappa shape index (κ2) is 9.63. The number of amides is 1. The number of carbonyl (C=O) groups is 1. The SMILES string of the molecule is CCOCCCN(CC(=O)Nc1cc(C)on1)S(=O)(=O)c1ccc(C)cc1. The van der Waals surface area contributed by atoms with E-state index in [0.717, 1.165) is 9.87 Å². The molecule has 1 heterocycles. The van der Waals surface area contributed by atoms with Crippen LogP contribution in [0.15, 0.2) is 39.8 Å². The van der Waals surface area contributed by atoms with E-state index in [1.54, 1.807) is 37.3 Å². The Hall–Kier alpha value is -2.23. The van der Waals surface area contributed by atoms with Gasteiger partial charge in [0.1, 0.15) is 5.76 Å². The average molecular weight is 395 g/mol. The number of nitrogens with zero attached hydrogens (tertiary/aromatic N) is 2. The summed E-state index contributed by atoms with van der Waals surface area (Å²) in [5.41, 5.74) is 0.955. The monoisotopic (exact) mass is 395 g/mol. The van der Waals surface area contributed by atoms with Gasteiger partial charge in [-0.05, 0) is 39.3 Å². The van der Waals surface area contributed by atoms with Gasteiger partial charge in [-0.2, -0.15) is 4.31 Å². The molecule has 27 heavy (non-hydrogen) atoms. The summed E-state index contributed by atoms with van der Waals surface area (Å²) in [5.74, 6) is 0.307. The van der Waals surface area contributed by atoms with Gasteiger partial charge < -0.3 is 14.6 Å². The lowest BCUT2D eigenvalue weighted by Gasteiger charge is -2.21. The lowest BCUT2D eigenvalue weighted by Crippen LogP contribution is -2.39. The fourth-order valence-electron chi connectivity index (χ4n) is 2.40. The maximum Gasteiger partial charge on any atom is 0.243 e. The molecule has 0 saturated heterocycles. The Morgan fingerprint density at radius 3 is 2.56 bits per heavy atom. The van der Waals surface area contributed by atoms with Crippen LogP contribution in [0, 0.1) is 13.8 Å². The minimum atomic E-state index is -3.81. The molecule has 0 bridgehead atoms. The van der Waals surface area contributed by atoms with Crippen molar-refractivity contribution in [2.45, 2.75) is 32.1 Å². The molecule has 1 N–H and O–H groups in total. The van der Waals surface area contributed by atoms with E-state index in [1.165, 1.54) is 0 Å². The predicted octanol–water partition coefficient (Wildman–Crippen LogP) is 2.35. The van der Waals surface area contributed by atoms with Crippen LogP contribution in [-0.2, 0) is 19.6 Å². The summed E-state index contributed by atoms with van der Waals surface area (Å²) in [7, 11) is -3.81. The Labute approximate surface area is 159 Å². The van der Waals surface area contributed by atoms with Crippen molar-refractivity contribution in [3.63, 3.8) is 0 Å². The molecular weight excluding hydrogens is 370 g/mol. The van der Waals surface area contributed by atoms with Gasteiger partial charge in [0.15, 0.2) is 5.82 Å². The van der Waals surface area contributed by atoms with E-state index in [2.05, 4.69) is 10.5 Å². The van der Waals surface area contributed by atoms with Crippen LogP contribution in [-0.4, -0.2) is 50.1 Å². The van der Waals surface area contributed by atoms with E-state index in [1.807, 2.05) is 13.8 Å². The topological polar surface area (TPSA) is 102 Å². The van der Waals surface area contributed by atoms with Gasteiger partial charge in [-0.15, -0.1) is 0 Å². The number of nitrogens with one attached hydrogen (secondary N) is 1. The van der Waals surface area contributed by atoms with Gasteiger partial charge in [0.25, 0.3) is 0 Å². The second-order valence-corrected chi connectivity index (χ2v) is 8.01. The number of sulfonamides is 1. The highest BCUT2D eigenvalue weighted by Gasteiger charge is 2.26. The highest BCUT2D eigenvalue weighted by molar-refractivity contribution is 7.89. The average Bonchev–Trinajstić information content (AvgIpc) is 3.02. The zero-order chi connectivity index (χ0) is 19.9. The number of carbonyl (C=O) groups excluding carboxylic acids is 1. The first-order valence-electron chi connectivity index (χ1n) is 8.70. The summed E-state index contributed by atoms with van der Waals surface area (Å²) < 4.78 is 37.3. The van der Waals surface area contributed by atoms with Crippen LogP contribution in [0.25, 0.3) is 0 Å². The van der Waals surface area contributed by atoms with Crippen LogP contribution < -0.4 is 5.32 Å². The van der Waals surface area contributed by atoms with Crippen LogP contribution in [0.1, 0.15) is 24.7 Å². The first-order valence-corrected chi connectivity index (χ1v) is 10.1. The van der Waals surface area contributed by atoms with Crippen LogP contribution in [0.3, 0.4) is 0 Å². The van der Waals surface area contributed by atoms with Gasteiger partial charge in [-0.25, -0.2) is 8.42 Å². The third kappa shape index (κ3) is 6.16. The van der Waals surface area contributed by atoms with E-state index in [0.29, 0.717) is 25.4 Å². The zero-order valence-corrected chi connectivity index (χ0v) is 16.6. The molecule has 0 atom stereocenters. The third-order valence-corrected chi connectivity index (χ3v) is 5.63. The van der Waals surface area contributed by atoms with Crippen molar-refractivity contribution >= 4 is 21.7 Å². The number of ether oxygens (including phenoxy) is 1. The molecule has 0 spiro atoms. The highest BCUT2D eigenvalue weighted by Crippen LogP contribution is 2.17. The van der Waals surface area contributed by atoms with Crippen molar-refractivity contribution in [2.24, 2.45) is 0 Å². The van der Waals surface area contributed by atoms with Crippen molar-refractivity contribution in [1.29, 1.82) is 0 Å². The Kier molecular flexibility index (Phi) is 7.52. The Balaban J connectivity index is 2.13. The minimum Gasteiger partial charge on any atom is -0.382 e. The van der Waals surface area contributed by atoms with E-state index in [9.17, 15) is 13.2 Å². The summed E-state index contributed by atoms with van der Waals surface area (Å²) in [6.45, 7) is 6.26. The quantitative estimate of drug-likeness (QED) is 0.620. The fourth-order valence-corrected chi connectivity index (χ4v) is 3.83. The standard InChI is InChI=1S/C18H25N3O5S/c1-4-25-11-5-10-21(13-18(22)19-17-12-15(3)26-20-17)27(23,24)16-8-6-14(2)7-9-16/h6-9,12H,4-5,10-11,13H2,1-3H3,(H,19,20,22). The molecule has 148 valence electrons. The number of rotatable bonds is 10. The molecule has 0 aliphatic heterocycles. The summed E-state index contributed by atoms with van der Waals surface area (Å²) in [4.78, 5) is 12.5. The van der Waals surface area contributed by atoms with Gasteiger partial charge in [-0.3, -0.25) is 4.79 Å². The maximum atomic E-state index is 13.0. The number of benzene rings is 1. The van der Waals surface area contributed by atoms with Gasteiger partial charge in [0.2, 0.25) is 15.9 Å². The summed E-state index contributed by atoms with van der Waals surface area (Å²) in [6.07, 6.45) is 0.481. The third-order valence-electron chi connectivity index (χ3n) is 3.77. The molecule has 9 heteroatoms. The van der Waals surface area contributed by atoms with E-state index >= 15 is 0 Å².